The van der Waals surface area contributed by atoms with Crippen LogP contribution in [-0.2, 0) is 4.57 Å². The third-order valence-corrected chi connectivity index (χ3v) is 6.65. The van der Waals surface area contributed by atoms with E-state index >= 15 is 0 Å². The van der Waals surface area contributed by atoms with Gasteiger partial charge in [0, 0.05) is 17.8 Å². The molecule has 2 N–H and O–H groups in total. The summed E-state index contributed by atoms with van der Waals surface area (Å²) in [4.78, 5) is 10.3. The van der Waals surface area contributed by atoms with Crippen molar-refractivity contribution in [3.63, 3.8) is 0 Å². The highest BCUT2D eigenvalue weighted by atomic mass is 32.7. The summed E-state index contributed by atoms with van der Waals surface area (Å²) in [5, 5.41) is 11.2. The van der Waals surface area contributed by atoms with Gasteiger partial charge in [-0.3, -0.25) is 4.57 Å². The molecule has 9 nitrogen and oxygen atoms in total. The molecule has 11 heteroatoms. The molecule has 0 amide bonds. The summed E-state index contributed by atoms with van der Waals surface area (Å²) >= 11 is 0.859. The van der Waals surface area contributed by atoms with Crippen molar-refractivity contribution >= 4 is 18.0 Å². The highest BCUT2D eigenvalue weighted by molar-refractivity contribution is 8.56. The molecule has 2 aromatic carbocycles. The van der Waals surface area contributed by atoms with Crippen LogP contribution in [0.5, 0.6) is 23.0 Å². The van der Waals surface area contributed by atoms with E-state index in [4.69, 9.17) is 18.9 Å². The SMILES string of the molecule is COc1ccc(-c2n[nH]nc2-c2cc(OC)c3c(c2)OCO3)cc1SP(C)(=O)O. The molecule has 2 heterocycles. The molecule has 1 aliphatic rings. The minimum Gasteiger partial charge on any atom is -0.496 e. The lowest BCUT2D eigenvalue weighted by Gasteiger charge is -2.12. The Morgan fingerprint density at radius 1 is 1.07 bits per heavy atom. The summed E-state index contributed by atoms with van der Waals surface area (Å²) in [6.07, 6.45) is 0. The van der Waals surface area contributed by atoms with E-state index in [0.717, 1.165) is 16.9 Å². The van der Waals surface area contributed by atoms with Crippen molar-refractivity contribution in [1.82, 2.24) is 15.4 Å². The molecule has 0 spiro atoms. The number of aromatic amines is 1. The van der Waals surface area contributed by atoms with Gasteiger partial charge in [-0.1, -0.05) is 0 Å². The van der Waals surface area contributed by atoms with Gasteiger partial charge >= 0.3 is 0 Å². The van der Waals surface area contributed by atoms with Crippen molar-refractivity contribution in [2.24, 2.45) is 0 Å². The van der Waals surface area contributed by atoms with Crippen LogP contribution >= 0.6 is 18.0 Å². The van der Waals surface area contributed by atoms with Crippen LogP contribution < -0.4 is 18.9 Å². The number of nitrogens with one attached hydrogen (secondary N) is 1. The minimum absolute atomic E-state index is 0.123. The van der Waals surface area contributed by atoms with Crippen LogP contribution in [0.4, 0.5) is 0 Å². The molecular formula is C18H18N3O6PS. The summed E-state index contributed by atoms with van der Waals surface area (Å²) < 4.78 is 33.6. The lowest BCUT2D eigenvalue weighted by molar-refractivity contribution is 0.171. The maximum Gasteiger partial charge on any atom is 0.256 e. The predicted octanol–water partition coefficient (Wildman–Crippen LogP) is 3.79. The Balaban J connectivity index is 1.80. The summed E-state index contributed by atoms with van der Waals surface area (Å²) in [6.45, 7) is -1.96. The van der Waals surface area contributed by atoms with E-state index in [1.54, 1.807) is 31.4 Å². The Hall–Kier alpha value is -2.68. The predicted molar refractivity (Wildman–Crippen MR) is 108 cm³/mol. The van der Waals surface area contributed by atoms with Gasteiger partial charge in [-0.05, 0) is 41.7 Å². The Morgan fingerprint density at radius 2 is 1.79 bits per heavy atom. The smallest absolute Gasteiger partial charge is 0.256 e. The maximum atomic E-state index is 11.9. The summed E-state index contributed by atoms with van der Waals surface area (Å²) in [5.41, 5.74) is 2.58. The van der Waals surface area contributed by atoms with Crippen molar-refractivity contribution in [2.45, 2.75) is 4.90 Å². The lowest BCUT2D eigenvalue weighted by atomic mass is 10.0. The number of nitrogens with zero attached hydrogens (tertiary/aromatic N) is 2. The van der Waals surface area contributed by atoms with Crippen LogP contribution in [0, 0.1) is 0 Å². The van der Waals surface area contributed by atoms with Crippen molar-refractivity contribution in [1.29, 1.82) is 0 Å². The molecule has 29 heavy (non-hydrogen) atoms. The fraction of sp³-hybridized carbons (Fsp3) is 0.222. The average Bonchev–Trinajstić information content (AvgIpc) is 3.35. The fourth-order valence-electron chi connectivity index (χ4n) is 2.98. The molecule has 3 aromatic rings. The van der Waals surface area contributed by atoms with Gasteiger partial charge in [0.2, 0.25) is 12.5 Å². The average molecular weight is 435 g/mol. The zero-order chi connectivity index (χ0) is 20.6. The van der Waals surface area contributed by atoms with Gasteiger partial charge in [0.05, 0.1) is 19.1 Å². The minimum atomic E-state index is -3.37. The van der Waals surface area contributed by atoms with E-state index in [2.05, 4.69) is 15.4 Å². The first kappa shape index (κ1) is 19.6. The Labute approximate surface area is 170 Å². The van der Waals surface area contributed by atoms with Gasteiger partial charge in [0.1, 0.15) is 17.1 Å². The van der Waals surface area contributed by atoms with E-state index in [9.17, 15) is 9.46 Å². The number of H-pyrrole nitrogens is 1. The van der Waals surface area contributed by atoms with Crippen LogP contribution in [0.15, 0.2) is 35.2 Å². The quantitative estimate of drug-likeness (QED) is 0.558. The molecule has 0 aliphatic carbocycles. The van der Waals surface area contributed by atoms with E-state index in [0.29, 0.717) is 44.8 Å². The first-order valence-electron chi connectivity index (χ1n) is 8.46. The molecule has 0 fully saturated rings. The van der Waals surface area contributed by atoms with E-state index in [-0.39, 0.29) is 6.79 Å². The zero-order valence-corrected chi connectivity index (χ0v) is 17.5. The largest absolute Gasteiger partial charge is 0.496 e. The molecule has 1 atom stereocenters. The molecule has 1 aromatic heterocycles. The van der Waals surface area contributed by atoms with Crippen molar-refractivity contribution in [2.75, 3.05) is 27.7 Å². The van der Waals surface area contributed by atoms with Gasteiger partial charge in [-0.25, -0.2) is 0 Å². The van der Waals surface area contributed by atoms with Crippen molar-refractivity contribution < 1.29 is 28.4 Å². The summed E-state index contributed by atoms with van der Waals surface area (Å²) in [6, 6.07) is 8.89. The molecule has 1 unspecified atom stereocenters. The molecule has 152 valence electrons. The van der Waals surface area contributed by atoms with Gasteiger partial charge in [-0.2, -0.15) is 15.4 Å². The van der Waals surface area contributed by atoms with Gasteiger partial charge < -0.3 is 23.8 Å². The first-order chi connectivity index (χ1) is 13.9. The van der Waals surface area contributed by atoms with E-state index in [1.807, 2.05) is 6.07 Å². The van der Waals surface area contributed by atoms with Crippen LogP contribution in [0.2, 0.25) is 0 Å². The second-order valence-corrected chi connectivity index (χ2v) is 11.0. The highest BCUT2D eigenvalue weighted by Gasteiger charge is 2.24. The molecule has 4 rings (SSSR count). The number of benzene rings is 2. The second kappa shape index (κ2) is 7.62. The Morgan fingerprint density at radius 3 is 2.48 bits per heavy atom. The van der Waals surface area contributed by atoms with Crippen LogP contribution in [0.3, 0.4) is 0 Å². The Kier molecular flexibility index (Phi) is 5.16. The third-order valence-electron chi connectivity index (χ3n) is 4.18. The number of fused-ring (bicyclic) bond motifs is 1. The highest BCUT2D eigenvalue weighted by Crippen LogP contribution is 2.57. The maximum absolute atomic E-state index is 11.9. The first-order valence-corrected chi connectivity index (χ1v) is 12.0. The number of ether oxygens (including phenoxy) is 4. The number of hydrogen-bond acceptors (Lipinski definition) is 8. The van der Waals surface area contributed by atoms with E-state index in [1.165, 1.54) is 13.8 Å². The monoisotopic (exact) mass is 435 g/mol. The molecule has 0 bridgehead atoms. The molecule has 0 saturated carbocycles. The topological polar surface area (TPSA) is 116 Å². The summed E-state index contributed by atoms with van der Waals surface area (Å²) in [7, 11) is 3.06. The number of rotatable bonds is 6. The molecule has 1 aliphatic heterocycles. The number of aromatic nitrogens is 3. The second-order valence-electron chi connectivity index (χ2n) is 6.19. The number of methoxy groups -OCH3 is 2. The third kappa shape index (κ3) is 3.91. The fourth-order valence-corrected chi connectivity index (χ4v) is 5.29. The lowest BCUT2D eigenvalue weighted by Crippen LogP contribution is -1.93. The molecule has 0 saturated heterocycles. The van der Waals surface area contributed by atoms with Crippen molar-refractivity contribution in [3.8, 4) is 45.5 Å². The van der Waals surface area contributed by atoms with Gasteiger partial charge in [-0.15, -0.1) is 0 Å². The standard InChI is InChI=1S/C18H18N3O6PS/c1-24-12-5-4-10(8-15(12)29-28(3,22)23)16-17(20-21-19-16)11-6-13(25-2)18-14(7-11)26-9-27-18/h4-8H,9H2,1-3H3,(H,22,23)(H,19,20,21). The normalized spacial score (nSPS) is 14.5. The van der Waals surface area contributed by atoms with E-state index < -0.39 is 6.57 Å². The zero-order valence-electron chi connectivity index (χ0n) is 15.8. The van der Waals surface area contributed by atoms with Crippen molar-refractivity contribution in [3.05, 3.63) is 30.3 Å². The molecular weight excluding hydrogens is 417 g/mol. The van der Waals surface area contributed by atoms with Crippen LogP contribution in [-0.4, -0.2) is 48.0 Å². The van der Waals surface area contributed by atoms with Crippen LogP contribution in [0.1, 0.15) is 0 Å². The van der Waals surface area contributed by atoms with Crippen LogP contribution in [0.25, 0.3) is 22.5 Å². The Bertz CT molecular complexity index is 1110. The number of hydrogen-bond donors (Lipinski definition) is 2. The van der Waals surface area contributed by atoms with Gasteiger partial charge in [0.25, 0.3) is 6.57 Å². The van der Waals surface area contributed by atoms with Gasteiger partial charge in [0.15, 0.2) is 11.5 Å². The summed E-state index contributed by atoms with van der Waals surface area (Å²) in [5.74, 6) is 2.14. The molecule has 0 radical (unpaired) electrons.